The van der Waals surface area contributed by atoms with Crippen molar-refractivity contribution in [2.75, 3.05) is 13.2 Å². The summed E-state index contributed by atoms with van der Waals surface area (Å²) in [4.78, 5) is 27.2. The van der Waals surface area contributed by atoms with Gasteiger partial charge in [-0.3, -0.25) is 9.59 Å². The maximum absolute atomic E-state index is 13.1. The minimum Gasteiger partial charge on any atom is -0.483 e. The summed E-state index contributed by atoms with van der Waals surface area (Å²) in [5, 5.41) is 3.49. The summed E-state index contributed by atoms with van der Waals surface area (Å²) in [5.41, 5.74) is 1.94. The molecule has 162 valence electrons. The Balaban J connectivity index is 2.16. The first kappa shape index (κ1) is 23.7. The van der Waals surface area contributed by atoms with Gasteiger partial charge in [-0.2, -0.15) is 0 Å². The summed E-state index contributed by atoms with van der Waals surface area (Å²) < 4.78 is 5.87. The van der Waals surface area contributed by atoms with E-state index >= 15 is 0 Å². The van der Waals surface area contributed by atoms with Crippen LogP contribution >= 0.6 is 11.6 Å². The van der Waals surface area contributed by atoms with Gasteiger partial charge in [0.05, 0.1) is 0 Å². The van der Waals surface area contributed by atoms with Gasteiger partial charge in [0.2, 0.25) is 5.91 Å². The van der Waals surface area contributed by atoms with E-state index in [1.807, 2.05) is 43.3 Å². The number of nitrogens with one attached hydrogen (secondary N) is 1. The molecule has 1 N–H and O–H groups in total. The van der Waals surface area contributed by atoms with Gasteiger partial charge in [-0.25, -0.2) is 0 Å². The Bertz CT molecular complexity index is 837. The largest absolute Gasteiger partial charge is 0.483 e. The smallest absolute Gasteiger partial charge is 0.261 e. The third-order valence-electron chi connectivity index (χ3n) is 4.87. The number of carbonyl (C=O) groups excluding carboxylic acids is 2. The number of ether oxygens (including phenoxy) is 1. The lowest BCUT2D eigenvalue weighted by atomic mass is 10.0. The molecule has 0 aliphatic rings. The fourth-order valence-electron chi connectivity index (χ4n) is 3.08. The van der Waals surface area contributed by atoms with Crippen molar-refractivity contribution in [1.82, 2.24) is 10.2 Å². The molecule has 30 heavy (non-hydrogen) atoms. The van der Waals surface area contributed by atoms with Crippen molar-refractivity contribution in [3.8, 4) is 5.75 Å². The van der Waals surface area contributed by atoms with Crippen LogP contribution in [0, 0.1) is 0 Å². The molecule has 1 unspecified atom stereocenters. The fourth-order valence-corrected chi connectivity index (χ4v) is 3.20. The van der Waals surface area contributed by atoms with Crippen LogP contribution in [0.5, 0.6) is 5.75 Å². The zero-order valence-electron chi connectivity index (χ0n) is 18.2. The van der Waals surface area contributed by atoms with E-state index < -0.39 is 6.04 Å². The first-order valence-corrected chi connectivity index (χ1v) is 10.7. The van der Waals surface area contributed by atoms with E-state index in [9.17, 15) is 9.59 Å². The van der Waals surface area contributed by atoms with Crippen molar-refractivity contribution in [2.45, 2.75) is 52.6 Å². The van der Waals surface area contributed by atoms with Crippen molar-refractivity contribution >= 4 is 23.4 Å². The lowest BCUT2D eigenvalue weighted by Crippen LogP contribution is -2.49. The fraction of sp³-hybridized carbons (Fsp3) is 0.417. The molecule has 2 amide bonds. The van der Waals surface area contributed by atoms with Gasteiger partial charge in [-0.15, -0.1) is 0 Å². The predicted molar refractivity (Wildman–Crippen MR) is 121 cm³/mol. The molecule has 2 aromatic carbocycles. The van der Waals surface area contributed by atoms with Crippen molar-refractivity contribution in [1.29, 1.82) is 0 Å². The Morgan fingerprint density at radius 2 is 1.73 bits per heavy atom. The van der Waals surface area contributed by atoms with E-state index in [-0.39, 0.29) is 24.3 Å². The highest BCUT2D eigenvalue weighted by atomic mass is 35.5. The molecule has 0 aliphatic carbocycles. The van der Waals surface area contributed by atoms with E-state index in [2.05, 4.69) is 19.2 Å². The van der Waals surface area contributed by atoms with E-state index in [1.165, 1.54) is 0 Å². The lowest BCUT2D eigenvalue weighted by Gasteiger charge is -2.29. The average Bonchev–Trinajstić information content (AvgIpc) is 2.75. The van der Waals surface area contributed by atoms with Gasteiger partial charge in [0.1, 0.15) is 11.8 Å². The maximum Gasteiger partial charge on any atom is 0.261 e. The van der Waals surface area contributed by atoms with Crippen LogP contribution in [0.3, 0.4) is 0 Å². The van der Waals surface area contributed by atoms with Crippen molar-refractivity contribution < 1.29 is 14.3 Å². The quantitative estimate of drug-likeness (QED) is 0.589. The van der Waals surface area contributed by atoms with Crippen molar-refractivity contribution in [3.63, 3.8) is 0 Å². The molecule has 0 radical (unpaired) electrons. The second-order valence-corrected chi connectivity index (χ2v) is 8.03. The summed E-state index contributed by atoms with van der Waals surface area (Å²) >= 11 is 5.97. The Hall–Kier alpha value is -2.53. The molecule has 0 bridgehead atoms. The first-order chi connectivity index (χ1) is 14.3. The highest BCUT2D eigenvalue weighted by molar-refractivity contribution is 6.30. The summed E-state index contributed by atoms with van der Waals surface area (Å²) in [6.07, 6.45) is 0.832. The molecule has 6 heteroatoms. The molecule has 0 saturated carbocycles. The lowest BCUT2D eigenvalue weighted by molar-refractivity contribution is -0.142. The second-order valence-electron chi connectivity index (χ2n) is 7.60. The van der Waals surface area contributed by atoms with Gasteiger partial charge in [-0.05, 0) is 48.6 Å². The van der Waals surface area contributed by atoms with Gasteiger partial charge in [0.15, 0.2) is 6.61 Å². The number of benzene rings is 2. The van der Waals surface area contributed by atoms with Crippen LogP contribution in [0.1, 0.15) is 51.2 Å². The topological polar surface area (TPSA) is 58.6 Å². The summed E-state index contributed by atoms with van der Waals surface area (Å²) in [6, 6.07) is 14.3. The van der Waals surface area contributed by atoms with Crippen molar-refractivity contribution in [2.24, 2.45) is 0 Å². The first-order valence-electron chi connectivity index (χ1n) is 10.4. The standard InChI is InChI=1S/C24H31ClN2O3/c1-5-14-26-24(29)18(4)27(15-19-10-12-20(25)13-11-19)23(28)16-30-22-9-7-6-8-21(22)17(2)3/h6-13,17-18H,5,14-16H2,1-4H3,(H,26,29). The highest BCUT2D eigenvalue weighted by Gasteiger charge is 2.26. The van der Waals surface area contributed by atoms with Crippen LogP contribution in [0.4, 0.5) is 0 Å². The van der Waals surface area contributed by atoms with Crippen LogP contribution in [-0.4, -0.2) is 35.9 Å². The van der Waals surface area contributed by atoms with E-state index in [0.717, 1.165) is 17.5 Å². The summed E-state index contributed by atoms with van der Waals surface area (Å²) in [6.45, 7) is 8.62. The molecule has 5 nitrogen and oxygen atoms in total. The van der Waals surface area contributed by atoms with Crippen LogP contribution in [-0.2, 0) is 16.1 Å². The normalized spacial score (nSPS) is 11.8. The average molecular weight is 431 g/mol. The van der Waals surface area contributed by atoms with Gasteiger partial charge in [0, 0.05) is 18.1 Å². The molecule has 0 heterocycles. The van der Waals surface area contributed by atoms with E-state index in [4.69, 9.17) is 16.3 Å². The van der Waals surface area contributed by atoms with Crippen LogP contribution < -0.4 is 10.1 Å². The molecule has 0 spiro atoms. The summed E-state index contributed by atoms with van der Waals surface area (Å²) in [5.74, 6) is 0.542. The van der Waals surface area contributed by atoms with Crippen molar-refractivity contribution in [3.05, 3.63) is 64.7 Å². The number of nitrogens with zero attached hydrogens (tertiary/aromatic N) is 1. The van der Waals surface area contributed by atoms with E-state index in [1.54, 1.807) is 24.0 Å². The van der Waals surface area contributed by atoms with Crippen LogP contribution in [0.2, 0.25) is 5.02 Å². The molecule has 0 aliphatic heterocycles. The minimum atomic E-state index is -0.622. The maximum atomic E-state index is 13.1. The van der Waals surface area contributed by atoms with Crippen LogP contribution in [0.25, 0.3) is 0 Å². The Morgan fingerprint density at radius 1 is 1.07 bits per heavy atom. The molecule has 2 rings (SSSR count). The zero-order valence-corrected chi connectivity index (χ0v) is 18.9. The second kappa shape index (κ2) is 11.6. The van der Waals surface area contributed by atoms with Crippen LogP contribution in [0.15, 0.2) is 48.5 Å². The summed E-state index contributed by atoms with van der Waals surface area (Å²) in [7, 11) is 0. The monoisotopic (exact) mass is 430 g/mol. The molecule has 0 aromatic heterocycles. The zero-order chi connectivity index (χ0) is 22.1. The third-order valence-corrected chi connectivity index (χ3v) is 5.13. The molecule has 1 atom stereocenters. The number of amides is 2. The Labute approximate surface area is 184 Å². The molecular weight excluding hydrogens is 400 g/mol. The third kappa shape index (κ3) is 6.77. The number of para-hydroxylation sites is 1. The van der Waals surface area contributed by atoms with Gasteiger partial charge in [-0.1, -0.05) is 62.7 Å². The predicted octanol–water partition coefficient (Wildman–Crippen LogP) is 4.79. The number of rotatable bonds is 10. The van der Waals surface area contributed by atoms with E-state index in [0.29, 0.717) is 23.9 Å². The highest BCUT2D eigenvalue weighted by Crippen LogP contribution is 2.26. The Morgan fingerprint density at radius 3 is 2.37 bits per heavy atom. The molecule has 0 saturated heterocycles. The van der Waals surface area contributed by atoms with Gasteiger partial charge < -0.3 is 15.0 Å². The number of hydrogen-bond donors (Lipinski definition) is 1. The SMILES string of the molecule is CCCNC(=O)C(C)N(Cc1ccc(Cl)cc1)C(=O)COc1ccccc1C(C)C. The molecule has 0 fully saturated rings. The minimum absolute atomic E-state index is 0.136. The number of hydrogen-bond acceptors (Lipinski definition) is 3. The van der Waals surface area contributed by atoms with Gasteiger partial charge in [0.25, 0.3) is 5.91 Å². The molecular formula is C24H31ClN2O3. The Kier molecular flexibility index (Phi) is 9.18. The number of halogens is 1. The number of carbonyl (C=O) groups is 2. The van der Waals surface area contributed by atoms with Gasteiger partial charge >= 0.3 is 0 Å². The molecule has 2 aromatic rings.